The lowest BCUT2D eigenvalue weighted by molar-refractivity contribution is 0.453. The van der Waals surface area contributed by atoms with Gasteiger partial charge in [-0.05, 0) is 24.6 Å². The zero-order valence-electron chi connectivity index (χ0n) is 7.06. The number of hydrogen-bond acceptors (Lipinski definition) is 3. The lowest BCUT2D eigenvalue weighted by atomic mass is 10.3. The van der Waals surface area contributed by atoms with Gasteiger partial charge in [-0.25, -0.2) is 0 Å². The Morgan fingerprint density at radius 1 is 1.46 bits per heavy atom. The Hall–Kier alpha value is -1.84. The molecule has 2 heterocycles. The molecule has 13 heavy (non-hydrogen) atoms. The largest absolute Gasteiger partial charge is 0.493 e. The van der Waals surface area contributed by atoms with E-state index in [1.54, 1.807) is 12.3 Å². The minimum atomic E-state index is -0.275. The van der Waals surface area contributed by atoms with E-state index >= 15 is 0 Å². The van der Waals surface area contributed by atoms with Crippen LogP contribution in [0.15, 0.2) is 29.2 Å². The molecular weight excluding hydrogens is 168 g/mol. The Morgan fingerprint density at radius 2 is 2.23 bits per heavy atom. The van der Waals surface area contributed by atoms with Crippen LogP contribution in [-0.4, -0.2) is 14.5 Å². The molecule has 4 heteroatoms. The SMILES string of the molecule is Cc1ccn2c(=O)cc(O)nc2c1. The van der Waals surface area contributed by atoms with Crippen LogP contribution in [0, 0.1) is 6.92 Å². The minimum absolute atomic E-state index is 0.240. The average molecular weight is 176 g/mol. The van der Waals surface area contributed by atoms with Crippen LogP contribution in [0.4, 0.5) is 0 Å². The van der Waals surface area contributed by atoms with E-state index in [4.69, 9.17) is 5.11 Å². The van der Waals surface area contributed by atoms with Crippen molar-refractivity contribution in [2.75, 3.05) is 0 Å². The van der Waals surface area contributed by atoms with Crippen molar-refractivity contribution in [1.82, 2.24) is 9.38 Å². The van der Waals surface area contributed by atoms with Gasteiger partial charge in [-0.3, -0.25) is 9.20 Å². The van der Waals surface area contributed by atoms with Crippen molar-refractivity contribution in [2.45, 2.75) is 6.92 Å². The molecule has 2 rings (SSSR count). The first kappa shape index (κ1) is 7.79. The molecule has 0 aromatic carbocycles. The van der Waals surface area contributed by atoms with E-state index in [1.807, 2.05) is 13.0 Å². The normalized spacial score (nSPS) is 10.5. The average Bonchev–Trinajstić information content (AvgIpc) is 2.02. The molecule has 0 spiro atoms. The molecule has 0 radical (unpaired) electrons. The highest BCUT2D eigenvalue weighted by atomic mass is 16.3. The fourth-order valence-corrected chi connectivity index (χ4v) is 1.19. The van der Waals surface area contributed by atoms with Crippen LogP contribution >= 0.6 is 0 Å². The van der Waals surface area contributed by atoms with Gasteiger partial charge in [-0.15, -0.1) is 0 Å². The summed E-state index contributed by atoms with van der Waals surface area (Å²) in [5.74, 6) is -0.240. The van der Waals surface area contributed by atoms with Crippen molar-refractivity contribution in [1.29, 1.82) is 0 Å². The predicted molar refractivity (Wildman–Crippen MR) is 47.9 cm³/mol. The summed E-state index contributed by atoms with van der Waals surface area (Å²) in [6.45, 7) is 1.90. The molecule has 4 nitrogen and oxygen atoms in total. The molecule has 2 aromatic rings. The number of nitrogens with zero attached hydrogens (tertiary/aromatic N) is 2. The Labute approximate surface area is 74.1 Å². The summed E-state index contributed by atoms with van der Waals surface area (Å²) in [7, 11) is 0. The second-order valence-electron chi connectivity index (χ2n) is 2.88. The van der Waals surface area contributed by atoms with Crippen LogP contribution in [0.25, 0.3) is 5.65 Å². The summed E-state index contributed by atoms with van der Waals surface area (Å²) < 4.78 is 1.38. The van der Waals surface area contributed by atoms with Gasteiger partial charge in [-0.2, -0.15) is 4.98 Å². The van der Waals surface area contributed by atoms with Crippen molar-refractivity contribution in [3.8, 4) is 5.88 Å². The van der Waals surface area contributed by atoms with E-state index in [0.29, 0.717) is 5.65 Å². The quantitative estimate of drug-likeness (QED) is 0.643. The summed E-state index contributed by atoms with van der Waals surface area (Å²) in [4.78, 5) is 15.1. The molecule has 0 saturated heterocycles. The third-order valence-electron chi connectivity index (χ3n) is 1.81. The standard InChI is InChI=1S/C9H8N2O2/c1-6-2-3-11-7(4-6)10-8(12)5-9(11)13/h2-5,12H,1H3. The van der Waals surface area contributed by atoms with Gasteiger partial charge in [0.05, 0.1) is 6.07 Å². The zero-order chi connectivity index (χ0) is 9.42. The number of aryl methyl sites for hydroxylation is 1. The van der Waals surface area contributed by atoms with E-state index < -0.39 is 0 Å². The fraction of sp³-hybridized carbons (Fsp3) is 0.111. The Balaban J connectivity index is 2.95. The smallest absolute Gasteiger partial charge is 0.261 e. The van der Waals surface area contributed by atoms with Gasteiger partial charge in [0.25, 0.3) is 5.56 Å². The molecular formula is C9H8N2O2. The molecule has 0 amide bonds. The number of aromatic nitrogens is 2. The number of aromatic hydroxyl groups is 1. The van der Waals surface area contributed by atoms with Crippen molar-refractivity contribution in [3.05, 3.63) is 40.3 Å². The second kappa shape index (κ2) is 2.58. The summed E-state index contributed by atoms with van der Waals surface area (Å²) in [6, 6.07) is 4.64. The number of fused-ring (bicyclic) bond motifs is 1. The van der Waals surface area contributed by atoms with E-state index in [9.17, 15) is 4.79 Å². The monoisotopic (exact) mass is 176 g/mol. The molecule has 0 fully saturated rings. The van der Waals surface area contributed by atoms with Crippen LogP contribution < -0.4 is 5.56 Å². The number of pyridine rings is 1. The molecule has 0 aliphatic carbocycles. The molecule has 0 bridgehead atoms. The van der Waals surface area contributed by atoms with E-state index in [2.05, 4.69) is 4.98 Å². The minimum Gasteiger partial charge on any atom is -0.493 e. The summed E-state index contributed by atoms with van der Waals surface area (Å²) >= 11 is 0. The van der Waals surface area contributed by atoms with Crippen molar-refractivity contribution < 1.29 is 5.11 Å². The fourth-order valence-electron chi connectivity index (χ4n) is 1.19. The van der Waals surface area contributed by atoms with Crippen LogP contribution in [0.5, 0.6) is 5.88 Å². The molecule has 0 atom stereocenters. The van der Waals surface area contributed by atoms with Gasteiger partial charge in [0, 0.05) is 6.20 Å². The van der Waals surface area contributed by atoms with Gasteiger partial charge in [0.1, 0.15) is 5.65 Å². The highest BCUT2D eigenvalue weighted by molar-refractivity contribution is 5.42. The highest BCUT2D eigenvalue weighted by Crippen LogP contribution is 2.05. The van der Waals surface area contributed by atoms with Gasteiger partial charge < -0.3 is 5.11 Å². The molecule has 0 aliphatic heterocycles. The van der Waals surface area contributed by atoms with Crippen LogP contribution in [-0.2, 0) is 0 Å². The summed E-state index contributed by atoms with van der Waals surface area (Å²) in [6.07, 6.45) is 1.64. The third kappa shape index (κ3) is 1.26. The maximum absolute atomic E-state index is 11.3. The Kier molecular flexibility index (Phi) is 1.55. The molecule has 0 saturated carbocycles. The molecule has 2 aromatic heterocycles. The highest BCUT2D eigenvalue weighted by Gasteiger charge is 1.99. The topological polar surface area (TPSA) is 54.6 Å². The number of hydrogen-bond donors (Lipinski definition) is 1. The van der Waals surface area contributed by atoms with Gasteiger partial charge in [0.2, 0.25) is 5.88 Å². The first-order valence-corrected chi connectivity index (χ1v) is 3.86. The maximum Gasteiger partial charge on any atom is 0.261 e. The van der Waals surface area contributed by atoms with Crippen LogP contribution in [0.2, 0.25) is 0 Å². The van der Waals surface area contributed by atoms with Gasteiger partial charge in [-0.1, -0.05) is 0 Å². The Morgan fingerprint density at radius 3 is 3.00 bits per heavy atom. The van der Waals surface area contributed by atoms with E-state index in [-0.39, 0.29) is 11.4 Å². The lowest BCUT2D eigenvalue weighted by Gasteiger charge is -2.00. The molecule has 0 unspecified atom stereocenters. The first-order chi connectivity index (χ1) is 6.16. The predicted octanol–water partition coefficient (Wildman–Crippen LogP) is 0.709. The van der Waals surface area contributed by atoms with E-state index in [0.717, 1.165) is 11.6 Å². The Bertz CT molecular complexity index is 511. The maximum atomic E-state index is 11.3. The second-order valence-corrected chi connectivity index (χ2v) is 2.88. The van der Waals surface area contributed by atoms with Crippen LogP contribution in [0.3, 0.4) is 0 Å². The summed E-state index contributed by atoms with van der Waals surface area (Å²) in [5, 5.41) is 9.08. The van der Waals surface area contributed by atoms with Crippen LogP contribution in [0.1, 0.15) is 5.56 Å². The number of rotatable bonds is 0. The van der Waals surface area contributed by atoms with Crippen molar-refractivity contribution in [3.63, 3.8) is 0 Å². The summed E-state index contributed by atoms with van der Waals surface area (Å²) in [5.41, 5.74) is 1.19. The van der Waals surface area contributed by atoms with Crippen molar-refractivity contribution >= 4 is 5.65 Å². The van der Waals surface area contributed by atoms with Crippen molar-refractivity contribution in [2.24, 2.45) is 0 Å². The molecule has 0 aliphatic rings. The molecule has 1 N–H and O–H groups in total. The lowest BCUT2D eigenvalue weighted by Crippen LogP contribution is -2.12. The van der Waals surface area contributed by atoms with Gasteiger partial charge >= 0.3 is 0 Å². The van der Waals surface area contributed by atoms with Gasteiger partial charge in [0.15, 0.2) is 0 Å². The first-order valence-electron chi connectivity index (χ1n) is 3.86. The van der Waals surface area contributed by atoms with E-state index in [1.165, 1.54) is 4.40 Å². The molecule has 66 valence electrons. The zero-order valence-corrected chi connectivity index (χ0v) is 7.06. The third-order valence-corrected chi connectivity index (χ3v) is 1.81.